The van der Waals surface area contributed by atoms with Crippen molar-refractivity contribution in [3.63, 3.8) is 0 Å². The fourth-order valence-electron chi connectivity index (χ4n) is 1.61. The number of rotatable bonds is 4. The van der Waals surface area contributed by atoms with Crippen LogP contribution in [0, 0.1) is 0 Å². The largest absolute Gasteiger partial charge is 0.457 e. The molecule has 2 aromatic carbocycles. The number of anilines is 1. The lowest BCUT2D eigenvalue weighted by molar-refractivity contribution is 0.112. The molecule has 2 aromatic rings. The highest BCUT2D eigenvalue weighted by atomic mass is 16.5. The molecule has 0 bridgehead atoms. The van der Waals surface area contributed by atoms with Crippen molar-refractivity contribution in [3.8, 4) is 11.5 Å². The summed E-state index contributed by atoms with van der Waals surface area (Å²) in [5, 5.41) is 0. The molecule has 0 saturated heterocycles. The highest BCUT2D eigenvalue weighted by Crippen LogP contribution is 2.25. The molecule has 0 radical (unpaired) electrons. The summed E-state index contributed by atoms with van der Waals surface area (Å²) in [5.41, 5.74) is 1.68. The molecule has 0 aliphatic carbocycles. The Balaban J connectivity index is 2.22. The highest BCUT2D eigenvalue weighted by molar-refractivity contribution is 5.75. The number of carbonyl (C=O) groups is 1. The van der Waals surface area contributed by atoms with Gasteiger partial charge in [0.05, 0.1) is 0 Å². The van der Waals surface area contributed by atoms with Crippen LogP contribution in [-0.4, -0.2) is 20.4 Å². The molecule has 0 aliphatic heterocycles. The lowest BCUT2D eigenvalue weighted by Gasteiger charge is -2.14. The first-order valence-electron chi connectivity index (χ1n) is 5.69. The normalized spacial score (nSPS) is 9.89. The third-order valence-corrected chi connectivity index (χ3v) is 2.56. The van der Waals surface area contributed by atoms with Gasteiger partial charge in [-0.3, -0.25) is 4.79 Å². The Morgan fingerprint density at radius 2 is 1.67 bits per heavy atom. The molecule has 0 aliphatic rings. The predicted molar refractivity (Wildman–Crippen MR) is 72.7 cm³/mol. The van der Waals surface area contributed by atoms with Gasteiger partial charge in [-0.2, -0.15) is 0 Å². The van der Waals surface area contributed by atoms with E-state index in [2.05, 4.69) is 0 Å². The van der Waals surface area contributed by atoms with Crippen molar-refractivity contribution in [1.82, 2.24) is 0 Å². The minimum Gasteiger partial charge on any atom is -0.457 e. The Morgan fingerprint density at radius 3 is 2.33 bits per heavy atom. The van der Waals surface area contributed by atoms with Crippen LogP contribution in [0.4, 0.5) is 5.69 Å². The maximum Gasteiger partial charge on any atom is 0.150 e. The topological polar surface area (TPSA) is 29.5 Å². The van der Waals surface area contributed by atoms with E-state index in [4.69, 9.17) is 4.74 Å². The Hall–Kier alpha value is -2.29. The van der Waals surface area contributed by atoms with E-state index in [0.29, 0.717) is 11.3 Å². The molecule has 0 aromatic heterocycles. The molecule has 0 saturated carbocycles. The monoisotopic (exact) mass is 241 g/mol. The summed E-state index contributed by atoms with van der Waals surface area (Å²) in [7, 11) is 3.96. The Labute approximate surface area is 107 Å². The number of nitrogens with zero attached hydrogens (tertiary/aromatic N) is 1. The van der Waals surface area contributed by atoms with E-state index in [1.54, 1.807) is 18.2 Å². The van der Waals surface area contributed by atoms with Crippen molar-refractivity contribution in [2.24, 2.45) is 0 Å². The summed E-state index contributed by atoms with van der Waals surface area (Å²) in [6.07, 6.45) is 0.809. The molecule has 3 nitrogen and oxygen atoms in total. The Kier molecular flexibility index (Phi) is 3.63. The highest BCUT2D eigenvalue weighted by Gasteiger charge is 2.01. The molecule has 0 fully saturated rings. The van der Waals surface area contributed by atoms with Crippen molar-refractivity contribution in [2.45, 2.75) is 0 Å². The minimum absolute atomic E-state index is 0.608. The van der Waals surface area contributed by atoms with Crippen LogP contribution in [0.2, 0.25) is 0 Å². The van der Waals surface area contributed by atoms with E-state index in [9.17, 15) is 4.79 Å². The van der Waals surface area contributed by atoms with Gasteiger partial charge in [-0.25, -0.2) is 0 Å². The van der Waals surface area contributed by atoms with Gasteiger partial charge in [-0.15, -0.1) is 0 Å². The van der Waals surface area contributed by atoms with Crippen molar-refractivity contribution >= 4 is 12.0 Å². The van der Waals surface area contributed by atoms with Crippen LogP contribution in [0.5, 0.6) is 11.5 Å². The van der Waals surface area contributed by atoms with Crippen molar-refractivity contribution in [2.75, 3.05) is 19.0 Å². The lowest BCUT2D eigenvalue weighted by atomic mass is 10.2. The van der Waals surface area contributed by atoms with E-state index < -0.39 is 0 Å². The maximum absolute atomic E-state index is 10.7. The second-order valence-electron chi connectivity index (χ2n) is 4.18. The molecule has 0 heterocycles. The SMILES string of the molecule is CN(C)c1cccc(Oc2cccc(C=O)c2)c1. The standard InChI is InChI=1S/C15H15NO2/c1-16(2)13-6-4-8-15(10-13)18-14-7-3-5-12(9-14)11-17/h3-11H,1-2H3. The van der Waals surface area contributed by atoms with Gasteiger partial charge < -0.3 is 9.64 Å². The number of aldehydes is 1. The number of hydrogen-bond donors (Lipinski definition) is 0. The molecule has 2 rings (SSSR count). The fraction of sp³-hybridized carbons (Fsp3) is 0.133. The first kappa shape index (κ1) is 12.2. The summed E-state index contributed by atoms with van der Waals surface area (Å²) in [6.45, 7) is 0. The van der Waals surface area contributed by atoms with Gasteiger partial charge in [0.2, 0.25) is 0 Å². The summed E-state index contributed by atoms with van der Waals surface area (Å²) in [4.78, 5) is 12.7. The van der Waals surface area contributed by atoms with E-state index in [1.165, 1.54) is 0 Å². The van der Waals surface area contributed by atoms with Crippen LogP contribution in [-0.2, 0) is 0 Å². The van der Waals surface area contributed by atoms with Crippen LogP contribution >= 0.6 is 0 Å². The zero-order valence-corrected chi connectivity index (χ0v) is 10.5. The Morgan fingerprint density at radius 1 is 1.00 bits per heavy atom. The first-order valence-corrected chi connectivity index (χ1v) is 5.69. The fourth-order valence-corrected chi connectivity index (χ4v) is 1.61. The molecule has 92 valence electrons. The molecular formula is C15H15NO2. The summed E-state index contributed by atoms with van der Waals surface area (Å²) < 4.78 is 5.73. The van der Waals surface area contributed by atoms with E-state index >= 15 is 0 Å². The first-order chi connectivity index (χ1) is 8.69. The third-order valence-electron chi connectivity index (χ3n) is 2.56. The maximum atomic E-state index is 10.7. The van der Waals surface area contributed by atoms with Gasteiger partial charge in [-0.05, 0) is 24.3 Å². The Bertz CT molecular complexity index is 550. The van der Waals surface area contributed by atoms with Crippen LogP contribution in [0.1, 0.15) is 10.4 Å². The number of hydrogen-bond acceptors (Lipinski definition) is 3. The minimum atomic E-state index is 0.608. The van der Waals surface area contributed by atoms with Gasteiger partial charge in [0.15, 0.2) is 0 Å². The second kappa shape index (κ2) is 5.36. The van der Waals surface area contributed by atoms with Crippen molar-refractivity contribution in [3.05, 3.63) is 54.1 Å². The quantitative estimate of drug-likeness (QED) is 0.769. The van der Waals surface area contributed by atoms with Gasteiger partial charge in [0.1, 0.15) is 17.8 Å². The van der Waals surface area contributed by atoms with Crippen LogP contribution < -0.4 is 9.64 Å². The molecule has 18 heavy (non-hydrogen) atoms. The molecule has 0 N–H and O–H groups in total. The summed E-state index contributed by atoms with van der Waals surface area (Å²) in [6, 6.07) is 14.9. The third kappa shape index (κ3) is 2.88. The number of benzene rings is 2. The van der Waals surface area contributed by atoms with E-state index in [1.807, 2.05) is 49.3 Å². The summed E-state index contributed by atoms with van der Waals surface area (Å²) in [5.74, 6) is 1.42. The molecule has 0 amide bonds. The van der Waals surface area contributed by atoms with Gasteiger partial charge >= 0.3 is 0 Å². The van der Waals surface area contributed by atoms with Crippen molar-refractivity contribution in [1.29, 1.82) is 0 Å². The predicted octanol–water partition coefficient (Wildman–Crippen LogP) is 3.36. The number of carbonyl (C=O) groups excluding carboxylic acids is 1. The lowest BCUT2D eigenvalue weighted by Crippen LogP contribution is -2.08. The zero-order valence-electron chi connectivity index (χ0n) is 10.5. The molecule has 0 spiro atoms. The second-order valence-corrected chi connectivity index (χ2v) is 4.18. The zero-order chi connectivity index (χ0) is 13.0. The van der Waals surface area contributed by atoms with E-state index in [0.717, 1.165) is 17.7 Å². The van der Waals surface area contributed by atoms with E-state index in [-0.39, 0.29) is 0 Å². The van der Waals surface area contributed by atoms with Gasteiger partial charge in [0, 0.05) is 31.4 Å². The molecule has 3 heteroatoms. The summed E-state index contributed by atoms with van der Waals surface area (Å²) >= 11 is 0. The average molecular weight is 241 g/mol. The number of ether oxygens (including phenoxy) is 1. The van der Waals surface area contributed by atoms with Crippen LogP contribution in [0.3, 0.4) is 0 Å². The molecule has 0 atom stereocenters. The molecule has 0 unspecified atom stereocenters. The molecular weight excluding hydrogens is 226 g/mol. The van der Waals surface area contributed by atoms with Crippen molar-refractivity contribution < 1.29 is 9.53 Å². The van der Waals surface area contributed by atoms with Gasteiger partial charge in [0.25, 0.3) is 0 Å². The van der Waals surface area contributed by atoms with Gasteiger partial charge in [-0.1, -0.05) is 18.2 Å². The van der Waals surface area contributed by atoms with Crippen LogP contribution in [0.15, 0.2) is 48.5 Å². The average Bonchev–Trinajstić information content (AvgIpc) is 2.39. The smallest absolute Gasteiger partial charge is 0.150 e. The van der Waals surface area contributed by atoms with Crippen LogP contribution in [0.25, 0.3) is 0 Å².